The van der Waals surface area contributed by atoms with E-state index in [0.717, 1.165) is 56.3 Å². The number of ether oxygens (including phenoxy) is 1. The molecule has 2 saturated heterocycles. The van der Waals surface area contributed by atoms with Crippen molar-refractivity contribution in [2.24, 2.45) is 0 Å². The highest BCUT2D eigenvalue weighted by Crippen LogP contribution is 2.22. The Balaban J connectivity index is 1.28. The Hall–Kier alpha value is -2.12. The maximum Gasteiger partial charge on any atom is 0.255 e. The SMILES string of the molecule is O=C(c1ccc(OC2CCSC2)nc1)N1CCN(Cc2ccccn2)CC1. The molecule has 0 aromatic carbocycles. The fourth-order valence-electron chi connectivity index (χ4n) is 3.37. The lowest BCUT2D eigenvalue weighted by molar-refractivity contribution is 0.0626. The predicted octanol–water partition coefficient (Wildman–Crippen LogP) is 2.32. The van der Waals surface area contributed by atoms with Gasteiger partial charge in [-0.15, -0.1) is 0 Å². The molecule has 2 aliphatic rings. The summed E-state index contributed by atoms with van der Waals surface area (Å²) in [5.74, 6) is 2.82. The molecule has 2 aromatic heterocycles. The summed E-state index contributed by atoms with van der Waals surface area (Å²) in [6.45, 7) is 3.99. The second-order valence-corrected chi connectivity index (χ2v) is 8.03. The Morgan fingerprint density at radius 3 is 2.70 bits per heavy atom. The second-order valence-electron chi connectivity index (χ2n) is 6.88. The Labute approximate surface area is 163 Å². The number of hydrogen-bond donors (Lipinski definition) is 0. The number of nitrogens with zero attached hydrogens (tertiary/aromatic N) is 4. The van der Waals surface area contributed by atoms with Gasteiger partial charge in [-0.25, -0.2) is 4.98 Å². The van der Waals surface area contributed by atoms with Crippen LogP contribution in [0.15, 0.2) is 42.7 Å². The van der Waals surface area contributed by atoms with Crippen molar-refractivity contribution >= 4 is 17.7 Å². The van der Waals surface area contributed by atoms with Crippen LogP contribution in [-0.2, 0) is 6.54 Å². The number of amides is 1. The van der Waals surface area contributed by atoms with Crippen molar-refractivity contribution in [3.05, 3.63) is 54.0 Å². The summed E-state index contributed by atoms with van der Waals surface area (Å²) < 4.78 is 5.86. The number of carbonyl (C=O) groups excluding carboxylic acids is 1. The molecule has 4 rings (SSSR count). The number of piperazine rings is 1. The zero-order chi connectivity index (χ0) is 18.5. The quantitative estimate of drug-likeness (QED) is 0.789. The number of aromatic nitrogens is 2. The van der Waals surface area contributed by atoms with E-state index in [9.17, 15) is 4.79 Å². The van der Waals surface area contributed by atoms with E-state index in [-0.39, 0.29) is 12.0 Å². The molecule has 0 saturated carbocycles. The molecular formula is C20H24N4O2S. The third kappa shape index (κ3) is 4.78. The Kier molecular flexibility index (Phi) is 5.89. The fraction of sp³-hybridized carbons (Fsp3) is 0.450. The van der Waals surface area contributed by atoms with Gasteiger partial charge in [0.2, 0.25) is 5.88 Å². The maximum atomic E-state index is 12.7. The van der Waals surface area contributed by atoms with Crippen LogP contribution in [0.25, 0.3) is 0 Å². The normalized spacial score (nSPS) is 20.6. The lowest BCUT2D eigenvalue weighted by atomic mass is 10.2. The molecule has 0 spiro atoms. The molecule has 27 heavy (non-hydrogen) atoms. The summed E-state index contributed by atoms with van der Waals surface area (Å²) in [5, 5.41) is 0. The molecule has 2 aromatic rings. The van der Waals surface area contributed by atoms with Crippen molar-refractivity contribution in [3.8, 4) is 5.88 Å². The first-order valence-electron chi connectivity index (χ1n) is 9.40. The van der Waals surface area contributed by atoms with Gasteiger partial charge in [-0.05, 0) is 30.4 Å². The average Bonchev–Trinajstić information content (AvgIpc) is 3.22. The monoisotopic (exact) mass is 384 g/mol. The molecule has 1 atom stereocenters. The molecule has 2 aliphatic heterocycles. The molecular weight excluding hydrogens is 360 g/mol. The number of thioether (sulfide) groups is 1. The van der Waals surface area contributed by atoms with Gasteiger partial charge in [0, 0.05) is 56.9 Å². The van der Waals surface area contributed by atoms with Crippen LogP contribution >= 0.6 is 11.8 Å². The second kappa shape index (κ2) is 8.71. The molecule has 4 heterocycles. The van der Waals surface area contributed by atoms with E-state index in [4.69, 9.17) is 4.74 Å². The van der Waals surface area contributed by atoms with E-state index in [1.165, 1.54) is 0 Å². The zero-order valence-electron chi connectivity index (χ0n) is 15.3. The minimum Gasteiger partial charge on any atom is -0.473 e. The van der Waals surface area contributed by atoms with E-state index in [0.29, 0.717) is 11.4 Å². The van der Waals surface area contributed by atoms with Gasteiger partial charge < -0.3 is 9.64 Å². The van der Waals surface area contributed by atoms with E-state index in [2.05, 4.69) is 14.9 Å². The Bertz CT molecular complexity index is 742. The van der Waals surface area contributed by atoms with Crippen LogP contribution in [0.2, 0.25) is 0 Å². The molecule has 0 radical (unpaired) electrons. The summed E-state index contributed by atoms with van der Waals surface area (Å²) >= 11 is 1.91. The smallest absolute Gasteiger partial charge is 0.255 e. The van der Waals surface area contributed by atoms with Crippen molar-refractivity contribution in [2.45, 2.75) is 19.1 Å². The van der Waals surface area contributed by atoms with Gasteiger partial charge in [0.1, 0.15) is 6.10 Å². The molecule has 7 heteroatoms. The average molecular weight is 385 g/mol. The Morgan fingerprint density at radius 2 is 2.04 bits per heavy atom. The first-order chi connectivity index (χ1) is 13.3. The molecule has 142 valence electrons. The molecule has 0 bridgehead atoms. The van der Waals surface area contributed by atoms with Crippen LogP contribution < -0.4 is 4.74 Å². The van der Waals surface area contributed by atoms with Gasteiger partial charge in [0.05, 0.1) is 11.3 Å². The summed E-state index contributed by atoms with van der Waals surface area (Å²) in [5.41, 5.74) is 1.69. The predicted molar refractivity (Wildman–Crippen MR) is 106 cm³/mol. The van der Waals surface area contributed by atoms with Gasteiger partial charge in [0.15, 0.2) is 0 Å². The summed E-state index contributed by atoms with van der Waals surface area (Å²) in [6, 6.07) is 9.61. The summed E-state index contributed by atoms with van der Waals surface area (Å²) in [7, 11) is 0. The van der Waals surface area contributed by atoms with Crippen molar-refractivity contribution in [2.75, 3.05) is 37.7 Å². The molecule has 1 amide bonds. The lowest BCUT2D eigenvalue weighted by Gasteiger charge is -2.34. The first kappa shape index (κ1) is 18.3. The molecule has 6 nitrogen and oxygen atoms in total. The van der Waals surface area contributed by atoms with Crippen LogP contribution in [0.4, 0.5) is 0 Å². The molecule has 0 N–H and O–H groups in total. The van der Waals surface area contributed by atoms with Crippen molar-refractivity contribution in [1.82, 2.24) is 19.8 Å². The van der Waals surface area contributed by atoms with E-state index in [1.54, 1.807) is 6.20 Å². The minimum atomic E-state index is 0.0444. The van der Waals surface area contributed by atoms with Gasteiger partial charge >= 0.3 is 0 Å². The van der Waals surface area contributed by atoms with Gasteiger partial charge in [-0.2, -0.15) is 11.8 Å². The van der Waals surface area contributed by atoms with Gasteiger partial charge in [-0.1, -0.05) is 6.07 Å². The van der Waals surface area contributed by atoms with Gasteiger partial charge in [-0.3, -0.25) is 14.7 Å². The highest BCUT2D eigenvalue weighted by Gasteiger charge is 2.23. The van der Waals surface area contributed by atoms with Crippen LogP contribution in [0.3, 0.4) is 0 Å². The van der Waals surface area contributed by atoms with E-state index in [1.807, 2.05) is 53.2 Å². The fourth-order valence-corrected chi connectivity index (χ4v) is 4.46. The number of carbonyl (C=O) groups is 1. The third-order valence-electron chi connectivity index (χ3n) is 4.93. The summed E-state index contributed by atoms with van der Waals surface area (Å²) in [4.78, 5) is 25.7. The van der Waals surface area contributed by atoms with E-state index < -0.39 is 0 Å². The summed E-state index contributed by atoms with van der Waals surface area (Å²) in [6.07, 6.45) is 4.77. The third-order valence-corrected chi connectivity index (χ3v) is 6.06. The van der Waals surface area contributed by atoms with Crippen LogP contribution in [0.5, 0.6) is 5.88 Å². The van der Waals surface area contributed by atoms with Crippen LogP contribution in [-0.4, -0.2) is 69.5 Å². The Morgan fingerprint density at radius 1 is 1.15 bits per heavy atom. The number of pyridine rings is 2. The zero-order valence-corrected chi connectivity index (χ0v) is 16.1. The maximum absolute atomic E-state index is 12.7. The molecule has 1 unspecified atom stereocenters. The highest BCUT2D eigenvalue weighted by atomic mass is 32.2. The van der Waals surface area contributed by atoms with Crippen molar-refractivity contribution < 1.29 is 9.53 Å². The van der Waals surface area contributed by atoms with Crippen LogP contribution in [0, 0.1) is 0 Å². The van der Waals surface area contributed by atoms with Crippen molar-refractivity contribution in [3.63, 3.8) is 0 Å². The topological polar surface area (TPSA) is 58.6 Å². The standard InChI is InChI=1S/C20H24N4O2S/c25-20(16-4-5-19(22-13-16)26-18-6-12-27-15-18)24-10-8-23(9-11-24)14-17-3-1-2-7-21-17/h1-5,7,13,18H,6,8-12,14-15H2. The highest BCUT2D eigenvalue weighted by molar-refractivity contribution is 7.99. The number of rotatable bonds is 5. The van der Waals surface area contributed by atoms with Gasteiger partial charge in [0.25, 0.3) is 5.91 Å². The van der Waals surface area contributed by atoms with Crippen molar-refractivity contribution in [1.29, 1.82) is 0 Å². The molecule has 0 aliphatic carbocycles. The largest absolute Gasteiger partial charge is 0.473 e. The van der Waals surface area contributed by atoms with E-state index >= 15 is 0 Å². The first-order valence-corrected chi connectivity index (χ1v) is 10.6. The molecule has 2 fully saturated rings. The number of hydrogen-bond acceptors (Lipinski definition) is 6. The minimum absolute atomic E-state index is 0.0444. The van der Waals surface area contributed by atoms with Crippen LogP contribution in [0.1, 0.15) is 22.5 Å². The lowest BCUT2D eigenvalue weighted by Crippen LogP contribution is -2.48.